The van der Waals surface area contributed by atoms with Crippen LogP contribution in [-0.4, -0.2) is 19.6 Å². The highest BCUT2D eigenvalue weighted by Gasteiger charge is 2.52. The Hall–Kier alpha value is -1.58. The summed E-state index contributed by atoms with van der Waals surface area (Å²) in [7, 11) is -5.29. The van der Waals surface area contributed by atoms with E-state index < -0.39 is 28.1 Å². The summed E-state index contributed by atoms with van der Waals surface area (Å²) in [4.78, 5) is 3.57. The number of hydrogen-bond donors (Lipinski definition) is 2. The van der Waals surface area contributed by atoms with E-state index in [-0.39, 0.29) is 5.52 Å². The number of aromatic nitrogens is 1. The first-order valence-corrected chi connectivity index (χ1v) is 6.26. The Labute approximate surface area is 106 Å². The number of halogens is 4. The molecule has 2 aromatic rings. The summed E-state index contributed by atoms with van der Waals surface area (Å²) in [6.45, 7) is 0. The van der Waals surface area contributed by atoms with Crippen molar-refractivity contribution >= 4 is 21.8 Å². The molecule has 0 aliphatic rings. The van der Waals surface area contributed by atoms with Gasteiger partial charge in [0, 0.05) is 17.5 Å². The Morgan fingerprint density at radius 3 is 2.37 bits per heavy atom. The first-order chi connectivity index (χ1) is 8.69. The quantitative estimate of drug-likeness (QED) is 0.824. The molecular weight excluding hydrogens is 290 g/mol. The highest BCUT2D eigenvalue weighted by molar-refractivity contribution is 8.21. The second kappa shape index (κ2) is 4.51. The fourth-order valence-corrected chi connectivity index (χ4v) is 1.71. The largest absolute Gasteiger partial charge is 0.504 e. The SMILES string of the molecule is OS(O)(Oc1ccc2ccc(F)cc2n1)C(F)(F)F. The first-order valence-electron chi connectivity index (χ1n) is 4.79. The van der Waals surface area contributed by atoms with E-state index >= 15 is 0 Å². The smallest absolute Gasteiger partial charge is 0.376 e. The van der Waals surface area contributed by atoms with Crippen molar-refractivity contribution in [1.29, 1.82) is 0 Å². The summed E-state index contributed by atoms with van der Waals surface area (Å²) in [6, 6.07) is 5.88. The average molecular weight is 297 g/mol. The van der Waals surface area contributed by atoms with Gasteiger partial charge in [0.2, 0.25) is 16.8 Å². The van der Waals surface area contributed by atoms with Gasteiger partial charge in [0.1, 0.15) is 5.82 Å². The minimum absolute atomic E-state index is 0.0369. The lowest BCUT2D eigenvalue weighted by Crippen LogP contribution is -2.24. The summed E-state index contributed by atoms with van der Waals surface area (Å²) in [5, 5.41) is 0.470. The summed E-state index contributed by atoms with van der Waals surface area (Å²) in [5.74, 6) is -1.28. The molecule has 19 heavy (non-hydrogen) atoms. The van der Waals surface area contributed by atoms with Gasteiger partial charge in [-0.2, -0.15) is 13.2 Å². The van der Waals surface area contributed by atoms with Crippen LogP contribution in [0.4, 0.5) is 17.6 Å². The van der Waals surface area contributed by atoms with Crippen LogP contribution < -0.4 is 4.18 Å². The van der Waals surface area contributed by atoms with Crippen LogP contribution >= 0.6 is 10.9 Å². The highest BCUT2D eigenvalue weighted by atomic mass is 32.3. The topological polar surface area (TPSA) is 62.6 Å². The van der Waals surface area contributed by atoms with Crippen LogP contribution in [0.2, 0.25) is 0 Å². The highest BCUT2D eigenvalue weighted by Crippen LogP contribution is 2.55. The second-order valence-electron chi connectivity index (χ2n) is 3.51. The van der Waals surface area contributed by atoms with Crippen LogP contribution in [0.15, 0.2) is 30.3 Å². The van der Waals surface area contributed by atoms with E-state index in [4.69, 9.17) is 9.11 Å². The number of alkyl halides is 3. The predicted octanol–water partition coefficient (Wildman–Crippen LogP) is 3.94. The zero-order valence-corrected chi connectivity index (χ0v) is 9.87. The van der Waals surface area contributed by atoms with Gasteiger partial charge in [-0.25, -0.2) is 9.37 Å². The van der Waals surface area contributed by atoms with Crippen molar-refractivity contribution in [1.82, 2.24) is 4.98 Å². The maximum absolute atomic E-state index is 12.9. The normalized spacial score (nSPS) is 13.6. The Morgan fingerprint density at radius 1 is 1.11 bits per heavy atom. The van der Waals surface area contributed by atoms with Crippen molar-refractivity contribution in [3.63, 3.8) is 0 Å². The zero-order valence-electron chi connectivity index (χ0n) is 9.06. The van der Waals surface area contributed by atoms with E-state index in [2.05, 4.69) is 9.17 Å². The Balaban J connectivity index is 2.36. The van der Waals surface area contributed by atoms with Crippen molar-refractivity contribution in [2.45, 2.75) is 5.51 Å². The lowest BCUT2D eigenvalue weighted by atomic mass is 10.2. The number of benzene rings is 1. The molecular formula is C10H7F4NO3S. The second-order valence-corrected chi connectivity index (χ2v) is 5.14. The van der Waals surface area contributed by atoms with Crippen molar-refractivity contribution in [2.24, 2.45) is 0 Å². The van der Waals surface area contributed by atoms with Crippen LogP contribution in [0.3, 0.4) is 0 Å². The molecule has 9 heteroatoms. The summed E-state index contributed by atoms with van der Waals surface area (Å²) >= 11 is 0. The molecule has 2 N–H and O–H groups in total. The number of pyridine rings is 1. The van der Waals surface area contributed by atoms with Gasteiger partial charge in [0.15, 0.2) is 0 Å². The molecule has 1 aromatic carbocycles. The third kappa shape index (κ3) is 2.88. The fourth-order valence-electron chi connectivity index (χ4n) is 1.28. The number of nitrogens with zero attached hydrogens (tertiary/aromatic N) is 1. The average Bonchev–Trinajstić information content (AvgIpc) is 2.26. The number of fused-ring (bicyclic) bond motifs is 1. The summed E-state index contributed by atoms with van der Waals surface area (Å²) in [5.41, 5.74) is -5.29. The van der Waals surface area contributed by atoms with E-state index in [1.165, 1.54) is 12.1 Å². The molecule has 0 fully saturated rings. The molecule has 1 heterocycles. The van der Waals surface area contributed by atoms with Crippen LogP contribution in [0, 0.1) is 5.82 Å². The summed E-state index contributed by atoms with van der Waals surface area (Å²) in [6.07, 6.45) is 0. The molecule has 2 rings (SSSR count). The van der Waals surface area contributed by atoms with Crippen LogP contribution in [0.1, 0.15) is 0 Å². The minimum atomic E-state index is -5.33. The Bertz CT molecular complexity index is 617. The van der Waals surface area contributed by atoms with Gasteiger partial charge in [0.25, 0.3) is 0 Å². The molecule has 0 saturated carbocycles. The lowest BCUT2D eigenvalue weighted by molar-refractivity contribution is -0.0614. The van der Waals surface area contributed by atoms with Crippen LogP contribution in [0.25, 0.3) is 10.9 Å². The first kappa shape index (κ1) is 13.8. The molecule has 4 nitrogen and oxygen atoms in total. The van der Waals surface area contributed by atoms with Gasteiger partial charge in [-0.1, -0.05) is 0 Å². The monoisotopic (exact) mass is 297 g/mol. The molecule has 0 atom stereocenters. The van der Waals surface area contributed by atoms with Gasteiger partial charge in [-0.3, -0.25) is 9.11 Å². The number of hydrogen-bond acceptors (Lipinski definition) is 4. The molecule has 0 aliphatic heterocycles. The van der Waals surface area contributed by atoms with E-state index in [1.807, 2.05) is 0 Å². The lowest BCUT2D eigenvalue weighted by Gasteiger charge is -2.27. The van der Waals surface area contributed by atoms with Crippen molar-refractivity contribution in [2.75, 3.05) is 0 Å². The Morgan fingerprint density at radius 2 is 1.74 bits per heavy atom. The van der Waals surface area contributed by atoms with Crippen LogP contribution in [0.5, 0.6) is 5.88 Å². The molecule has 104 valence electrons. The zero-order chi connectivity index (χ0) is 14.3. The molecule has 0 unspecified atom stereocenters. The molecule has 0 radical (unpaired) electrons. The maximum Gasteiger partial charge on any atom is 0.504 e. The van der Waals surface area contributed by atoms with Gasteiger partial charge in [-0.05, 0) is 18.2 Å². The van der Waals surface area contributed by atoms with Crippen molar-refractivity contribution in [3.05, 3.63) is 36.1 Å². The van der Waals surface area contributed by atoms with Crippen LogP contribution in [-0.2, 0) is 0 Å². The van der Waals surface area contributed by atoms with E-state index in [0.29, 0.717) is 5.39 Å². The van der Waals surface area contributed by atoms with Gasteiger partial charge in [-0.15, -0.1) is 0 Å². The predicted molar refractivity (Wildman–Crippen MR) is 61.2 cm³/mol. The Kier molecular flexibility index (Phi) is 3.29. The molecule has 0 amide bonds. The fraction of sp³-hybridized carbons (Fsp3) is 0.100. The minimum Gasteiger partial charge on any atom is -0.376 e. The van der Waals surface area contributed by atoms with Gasteiger partial charge in [0.05, 0.1) is 5.52 Å². The summed E-state index contributed by atoms with van der Waals surface area (Å²) < 4.78 is 71.3. The molecule has 0 saturated heterocycles. The van der Waals surface area contributed by atoms with Gasteiger partial charge >= 0.3 is 5.51 Å². The third-order valence-corrected chi connectivity index (χ3v) is 3.14. The molecule has 0 bridgehead atoms. The molecule has 0 spiro atoms. The van der Waals surface area contributed by atoms with E-state index in [0.717, 1.165) is 18.2 Å². The molecule has 1 aromatic heterocycles. The van der Waals surface area contributed by atoms with Gasteiger partial charge < -0.3 is 4.18 Å². The standard InChI is InChI=1S/C10H7F4NO3S/c11-7-3-1-6-2-4-9(15-8(6)5-7)18-19(16,17)10(12,13)14/h1-5,16-17H. The third-order valence-electron chi connectivity index (χ3n) is 2.13. The van der Waals surface area contributed by atoms with E-state index in [1.54, 1.807) is 0 Å². The molecule has 0 aliphatic carbocycles. The van der Waals surface area contributed by atoms with Crippen molar-refractivity contribution in [3.8, 4) is 5.88 Å². The number of rotatable bonds is 2. The van der Waals surface area contributed by atoms with Crippen molar-refractivity contribution < 1.29 is 30.9 Å². The maximum atomic E-state index is 12.9. The van der Waals surface area contributed by atoms with E-state index in [9.17, 15) is 17.6 Å².